The van der Waals surface area contributed by atoms with Crippen LogP contribution < -0.4 is 5.32 Å². The van der Waals surface area contributed by atoms with Crippen LogP contribution in [0, 0.1) is 0 Å². The molecule has 0 saturated carbocycles. The molecule has 1 unspecified atom stereocenters. The summed E-state index contributed by atoms with van der Waals surface area (Å²) in [5.74, 6) is -0.283. The van der Waals surface area contributed by atoms with Crippen LogP contribution in [0.25, 0.3) is 0 Å². The lowest BCUT2D eigenvalue weighted by Crippen LogP contribution is -2.31. The van der Waals surface area contributed by atoms with Crippen molar-refractivity contribution >= 4 is 33.5 Å². The molecule has 1 N–H and O–H groups in total. The van der Waals surface area contributed by atoms with Gasteiger partial charge in [0.15, 0.2) is 0 Å². The van der Waals surface area contributed by atoms with Crippen LogP contribution in [-0.4, -0.2) is 19.1 Å². The third kappa shape index (κ3) is 4.26. The number of carbonyl (C=O) groups is 1. The van der Waals surface area contributed by atoms with Crippen molar-refractivity contribution in [1.82, 2.24) is 5.32 Å². The number of rotatable bonds is 6. The average Bonchev–Trinajstić information content (AvgIpc) is 2.34. The molecule has 0 amide bonds. The topological polar surface area (TPSA) is 38.3 Å². The summed E-state index contributed by atoms with van der Waals surface area (Å²) in [6.45, 7) is 4.94. The molecule has 1 aromatic rings. The Bertz CT molecular complexity index is 412. The van der Waals surface area contributed by atoms with Crippen molar-refractivity contribution in [2.75, 3.05) is 13.2 Å². The SMILES string of the molecule is CCCNC(C(=O)OCC)c1cc(Cl)ccc1Br. The maximum Gasteiger partial charge on any atom is 0.327 e. The van der Waals surface area contributed by atoms with Gasteiger partial charge in [-0.25, -0.2) is 4.79 Å². The van der Waals surface area contributed by atoms with Gasteiger partial charge in [0.1, 0.15) is 6.04 Å². The third-order valence-electron chi connectivity index (χ3n) is 2.39. The molecule has 0 heterocycles. The minimum absolute atomic E-state index is 0.283. The summed E-state index contributed by atoms with van der Waals surface area (Å²) in [6.07, 6.45) is 0.939. The Morgan fingerprint density at radius 1 is 1.50 bits per heavy atom. The van der Waals surface area contributed by atoms with Gasteiger partial charge < -0.3 is 10.1 Å². The van der Waals surface area contributed by atoms with Crippen molar-refractivity contribution < 1.29 is 9.53 Å². The maximum atomic E-state index is 12.0. The summed E-state index contributed by atoms with van der Waals surface area (Å²) in [4.78, 5) is 12.0. The van der Waals surface area contributed by atoms with Crippen LogP contribution in [0.4, 0.5) is 0 Å². The summed E-state index contributed by atoms with van der Waals surface area (Å²) in [6, 6.07) is 4.89. The number of carbonyl (C=O) groups excluding carboxylic acids is 1. The molecule has 3 nitrogen and oxygen atoms in total. The molecule has 0 aliphatic carbocycles. The van der Waals surface area contributed by atoms with Crippen molar-refractivity contribution in [3.05, 3.63) is 33.3 Å². The van der Waals surface area contributed by atoms with Gasteiger partial charge >= 0.3 is 5.97 Å². The van der Waals surface area contributed by atoms with Crippen LogP contribution in [0.15, 0.2) is 22.7 Å². The zero-order chi connectivity index (χ0) is 13.5. The molecule has 18 heavy (non-hydrogen) atoms. The molecule has 0 bridgehead atoms. The van der Waals surface area contributed by atoms with E-state index in [0.717, 1.165) is 23.0 Å². The Labute approximate surface area is 121 Å². The van der Waals surface area contributed by atoms with Gasteiger partial charge in [-0.1, -0.05) is 34.5 Å². The Morgan fingerprint density at radius 2 is 2.22 bits per heavy atom. The molecule has 1 aromatic carbocycles. The molecular weight excluding hydrogens is 318 g/mol. The second-order valence-corrected chi connectivity index (χ2v) is 5.10. The number of esters is 1. The van der Waals surface area contributed by atoms with Gasteiger partial charge in [0.2, 0.25) is 0 Å². The normalized spacial score (nSPS) is 12.2. The number of hydrogen-bond acceptors (Lipinski definition) is 3. The first-order chi connectivity index (χ1) is 8.60. The van der Waals surface area contributed by atoms with Crippen molar-refractivity contribution in [3.63, 3.8) is 0 Å². The van der Waals surface area contributed by atoms with E-state index in [1.54, 1.807) is 19.1 Å². The lowest BCUT2D eigenvalue weighted by Gasteiger charge is -2.18. The lowest BCUT2D eigenvalue weighted by atomic mass is 10.1. The van der Waals surface area contributed by atoms with Crippen LogP contribution in [0.2, 0.25) is 5.02 Å². The number of benzene rings is 1. The molecule has 0 aliphatic heterocycles. The molecular formula is C13H17BrClNO2. The molecule has 100 valence electrons. The monoisotopic (exact) mass is 333 g/mol. The first-order valence-electron chi connectivity index (χ1n) is 5.95. The smallest absolute Gasteiger partial charge is 0.327 e. The predicted molar refractivity (Wildman–Crippen MR) is 76.8 cm³/mol. The second-order valence-electron chi connectivity index (χ2n) is 3.81. The van der Waals surface area contributed by atoms with E-state index in [4.69, 9.17) is 16.3 Å². The van der Waals surface area contributed by atoms with E-state index in [-0.39, 0.29) is 5.97 Å². The van der Waals surface area contributed by atoms with Gasteiger partial charge in [0.25, 0.3) is 0 Å². The van der Waals surface area contributed by atoms with Gasteiger partial charge in [-0.2, -0.15) is 0 Å². The van der Waals surface area contributed by atoms with Crippen molar-refractivity contribution in [2.45, 2.75) is 26.3 Å². The Kier molecular flexibility index (Phi) is 6.68. The Hall–Kier alpha value is -0.580. The van der Waals surface area contributed by atoms with E-state index in [1.165, 1.54) is 0 Å². The predicted octanol–water partition coefficient (Wildman–Crippen LogP) is 3.71. The first kappa shape index (κ1) is 15.5. The van der Waals surface area contributed by atoms with E-state index in [0.29, 0.717) is 11.6 Å². The molecule has 0 fully saturated rings. The fourth-order valence-corrected chi connectivity index (χ4v) is 2.23. The van der Waals surface area contributed by atoms with Crippen LogP contribution in [0.5, 0.6) is 0 Å². The fourth-order valence-electron chi connectivity index (χ4n) is 1.57. The minimum Gasteiger partial charge on any atom is -0.465 e. The molecule has 0 aliphatic rings. The van der Waals surface area contributed by atoms with Crippen LogP contribution in [0.1, 0.15) is 31.9 Å². The zero-order valence-corrected chi connectivity index (χ0v) is 12.8. The van der Waals surface area contributed by atoms with Gasteiger partial charge in [-0.05, 0) is 43.7 Å². The number of hydrogen-bond donors (Lipinski definition) is 1. The highest BCUT2D eigenvalue weighted by atomic mass is 79.9. The highest BCUT2D eigenvalue weighted by molar-refractivity contribution is 9.10. The molecule has 0 spiro atoms. The number of halogens is 2. The third-order valence-corrected chi connectivity index (χ3v) is 3.35. The molecule has 0 aromatic heterocycles. The summed E-state index contributed by atoms with van der Waals surface area (Å²) in [7, 11) is 0. The minimum atomic E-state index is -0.488. The summed E-state index contributed by atoms with van der Waals surface area (Å²) in [5, 5.41) is 3.77. The largest absolute Gasteiger partial charge is 0.465 e. The standard InChI is InChI=1S/C13H17BrClNO2/c1-3-7-16-12(13(17)18-4-2)10-8-9(15)5-6-11(10)14/h5-6,8,12,16H,3-4,7H2,1-2H3. The van der Waals surface area contributed by atoms with Crippen LogP contribution in [0.3, 0.4) is 0 Å². The summed E-state index contributed by atoms with van der Waals surface area (Å²) >= 11 is 9.41. The summed E-state index contributed by atoms with van der Waals surface area (Å²) in [5.41, 5.74) is 0.800. The highest BCUT2D eigenvalue weighted by Gasteiger charge is 2.23. The highest BCUT2D eigenvalue weighted by Crippen LogP contribution is 2.27. The lowest BCUT2D eigenvalue weighted by molar-refractivity contribution is -0.145. The molecule has 5 heteroatoms. The van der Waals surface area contributed by atoms with Crippen LogP contribution in [-0.2, 0) is 9.53 Å². The fraction of sp³-hybridized carbons (Fsp3) is 0.462. The number of nitrogens with one attached hydrogen (secondary N) is 1. The Balaban J connectivity index is 3.00. The summed E-state index contributed by atoms with van der Waals surface area (Å²) < 4.78 is 5.93. The van der Waals surface area contributed by atoms with E-state index >= 15 is 0 Å². The van der Waals surface area contributed by atoms with Gasteiger partial charge in [0, 0.05) is 9.50 Å². The van der Waals surface area contributed by atoms with E-state index < -0.39 is 6.04 Å². The molecule has 1 atom stereocenters. The van der Waals surface area contributed by atoms with Crippen LogP contribution >= 0.6 is 27.5 Å². The Morgan fingerprint density at radius 3 is 2.83 bits per heavy atom. The molecule has 1 rings (SSSR count). The number of ether oxygens (including phenoxy) is 1. The van der Waals surface area contributed by atoms with E-state index in [2.05, 4.69) is 21.2 Å². The average molecular weight is 335 g/mol. The van der Waals surface area contributed by atoms with E-state index in [1.807, 2.05) is 13.0 Å². The first-order valence-corrected chi connectivity index (χ1v) is 7.12. The van der Waals surface area contributed by atoms with Crippen molar-refractivity contribution in [3.8, 4) is 0 Å². The zero-order valence-electron chi connectivity index (χ0n) is 10.5. The van der Waals surface area contributed by atoms with E-state index in [9.17, 15) is 4.79 Å². The van der Waals surface area contributed by atoms with Gasteiger partial charge in [-0.15, -0.1) is 0 Å². The van der Waals surface area contributed by atoms with Gasteiger partial charge in [0.05, 0.1) is 6.61 Å². The maximum absolute atomic E-state index is 12.0. The van der Waals surface area contributed by atoms with Crippen molar-refractivity contribution in [1.29, 1.82) is 0 Å². The van der Waals surface area contributed by atoms with Crippen molar-refractivity contribution in [2.24, 2.45) is 0 Å². The van der Waals surface area contributed by atoms with Gasteiger partial charge in [-0.3, -0.25) is 0 Å². The molecule has 0 radical (unpaired) electrons. The quantitative estimate of drug-likeness (QED) is 0.806. The second kappa shape index (κ2) is 7.77. The molecule has 0 saturated heterocycles.